The maximum atomic E-state index is 13.5. The maximum absolute atomic E-state index is 13.5. The van der Waals surface area contributed by atoms with Gasteiger partial charge in [-0.2, -0.15) is 5.26 Å². The molecule has 0 spiro atoms. The highest BCUT2D eigenvalue weighted by Crippen LogP contribution is 2.41. The summed E-state index contributed by atoms with van der Waals surface area (Å²) in [4.78, 5) is 28.7. The van der Waals surface area contributed by atoms with E-state index in [1.807, 2.05) is 59.5 Å². The number of rotatable bonds is 1. The highest BCUT2D eigenvalue weighted by Gasteiger charge is 2.44. The Morgan fingerprint density at radius 2 is 2.03 bits per heavy atom. The zero-order chi connectivity index (χ0) is 20.0. The quantitative estimate of drug-likeness (QED) is 0.740. The lowest BCUT2D eigenvalue weighted by Crippen LogP contribution is -2.39. The van der Waals surface area contributed by atoms with Crippen LogP contribution in [-0.4, -0.2) is 16.5 Å². The molecule has 0 bridgehead atoms. The number of benzene rings is 1. The predicted octanol–water partition coefficient (Wildman–Crippen LogP) is 3.73. The van der Waals surface area contributed by atoms with Gasteiger partial charge in [-0.1, -0.05) is 48.6 Å². The molecule has 5 rings (SSSR count). The number of ether oxygens (including phenoxy) is 1. The number of nitrogens with zero attached hydrogens (tertiary/aromatic N) is 2. The summed E-state index contributed by atoms with van der Waals surface area (Å²) in [6, 6.07) is 9.77. The number of fused-ring (bicyclic) bond motifs is 2. The fraction of sp³-hybridized carbons (Fsp3) is 0.208. The van der Waals surface area contributed by atoms with Crippen LogP contribution in [0.3, 0.4) is 0 Å². The molecule has 142 valence electrons. The van der Waals surface area contributed by atoms with Gasteiger partial charge in [-0.05, 0) is 25.0 Å². The first-order valence-electron chi connectivity index (χ1n) is 9.68. The molecule has 4 aliphatic rings. The largest absolute Gasteiger partial charge is 0.451 e. The van der Waals surface area contributed by atoms with Crippen LogP contribution in [0.4, 0.5) is 0 Å². The van der Waals surface area contributed by atoms with E-state index >= 15 is 0 Å². The third-order valence-corrected chi connectivity index (χ3v) is 5.73. The Balaban J connectivity index is 1.67. The van der Waals surface area contributed by atoms with Crippen LogP contribution in [0.25, 0.3) is 0 Å². The predicted molar refractivity (Wildman–Crippen MR) is 106 cm³/mol. The van der Waals surface area contributed by atoms with E-state index in [2.05, 4.69) is 6.07 Å². The molecule has 0 saturated heterocycles. The van der Waals surface area contributed by atoms with Crippen molar-refractivity contribution in [2.45, 2.75) is 19.4 Å². The first-order valence-corrected chi connectivity index (χ1v) is 9.68. The molecule has 5 nitrogen and oxygen atoms in total. The van der Waals surface area contributed by atoms with Crippen molar-refractivity contribution in [2.75, 3.05) is 0 Å². The van der Waals surface area contributed by atoms with Gasteiger partial charge in [0.15, 0.2) is 5.76 Å². The van der Waals surface area contributed by atoms with E-state index in [0.29, 0.717) is 30.7 Å². The summed E-state index contributed by atoms with van der Waals surface area (Å²) in [6.45, 7) is 0.412. The van der Waals surface area contributed by atoms with Gasteiger partial charge in [0.05, 0.1) is 24.4 Å². The van der Waals surface area contributed by atoms with Crippen molar-refractivity contribution in [3.8, 4) is 11.8 Å². The highest BCUT2D eigenvalue weighted by atomic mass is 16.5. The number of Topliss-reactive ketones (excluding diaryl/α,β-unsaturated/α-hetero) is 2. The number of carbonyl (C=O) groups is 2. The summed E-state index contributed by atoms with van der Waals surface area (Å²) in [5, 5.41) is 9.17. The Kier molecular flexibility index (Phi) is 4.06. The van der Waals surface area contributed by atoms with Crippen molar-refractivity contribution in [3.05, 3.63) is 89.0 Å². The monoisotopic (exact) mass is 382 g/mol. The molecule has 0 radical (unpaired) electrons. The lowest BCUT2D eigenvalue weighted by Gasteiger charge is -2.33. The molecule has 1 aromatic rings. The normalized spacial score (nSPS) is 25.1. The fourth-order valence-electron chi connectivity index (χ4n) is 4.19. The van der Waals surface area contributed by atoms with Crippen LogP contribution in [0.2, 0.25) is 0 Å². The van der Waals surface area contributed by atoms with Crippen LogP contribution < -0.4 is 4.74 Å². The molecule has 5 heteroatoms. The molecule has 29 heavy (non-hydrogen) atoms. The molecule has 1 aromatic carbocycles. The van der Waals surface area contributed by atoms with Crippen LogP contribution in [0.1, 0.15) is 18.4 Å². The van der Waals surface area contributed by atoms with E-state index in [1.54, 1.807) is 6.08 Å². The lowest BCUT2D eigenvalue weighted by molar-refractivity contribution is -0.125. The number of carbonyl (C=O) groups excluding carboxylic acids is 2. The second-order valence-corrected chi connectivity index (χ2v) is 7.46. The molecular formula is C24H18N2O3. The van der Waals surface area contributed by atoms with Crippen LogP contribution >= 0.6 is 0 Å². The average molecular weight is 382 g/mol. The SMILES string of the molecule is N#CC1C=CC(N2Cc3ccccc3OC3=C2C(=O)C2=CC=CCC2C3=O)=CC1. The zero-order valence-corrected chi connectivity index (χ0v) is 15.7. The lowest BCUT2D eigenvalue weighted by atomic mass is 9.79. The van der Waals surface area contributed by atoms with Gasteiger partial charge in [0.25, 0.3) is 0 Å². The molecule has 0 N–H and O–H groups in total. The van der Waals surface area contributed by atoms with Crippen molar-refractivity contribution >= 4 is 11.6 Å². The zero-order valence-electron chi connectivity index (χ0n) is 15.7. The number of nitriles is 1. The average Bonchev–Trinajstić information content (AvgIpc) is 2.95. The maximum Gasteiger partial charge on any atom is 0.210 e. The fourth-order valence-corrected chi connectivity index (χ4v) is 4.19. The molecule has 1 aliphatic heterocycles. The van der Waals surface area contributed by atoms with Crippen LogP contribution in [0.15, 0.2) is 83.4 Å². The first kappa shape index (κ1) is 17.4. The number of allylic oxidation sites excluding steroid dienone is 8. The number of hydrogen-bond donors (Lipinski definition) is 0. The molecule has 2 atom stereocenters. The standard InChI is InChI=1S/C24H18N2O3/c25-13-15-9-11-17(12-10-15)26-14-16-5-1-4-8-20(16)29-24-21(26)22(27)18-6-2-3-7-19(18)23(24)28/h1-6,8-9,11-12,15,19H,7,10,14H2. The van der Waals surface area contributed by atoms with E-state index < -0.39 is 5.92 Å². The van der Waals surface area contributed by atoms with E-state index in [1.165, 1.54) is 0 Å². The second-order valence-electron chi connectivity index (χ2n) is 7.46. The highest BCUT2D eigenvalue weighted by molar-refractivity contribution is 6.21. The first-order chi connectivity index (χ1) is 14.2. The summed E-state index contributed by atoms with van der Waals surface area (Å²) in [5.74, 6) is -0.281. The van der Waals surface area contributed by atoms with E-state index in [9.17, 15) is 14.9 Å². The molecule has 2 unspecified atom stereocenters. The minimum Gasteiger partial charge on any atom is -0.451 e. The minimum absolute atomic E-state index is 0.120. The third-order valence-electron chi connectivity index (χ3n) is 5.73. The number of para-hydroxylation sites is 1. The molecular weight excluding hydrogens is 364 g/mol. The van der Waals surface area contributed by atoms with Crippen LogP contribution in [-0.2, 0) is 16.1 Å². The molecule has 0 saturated carbocycles. The van der Waals surface area contributed by atoms with Crippen molar-refractivity contribution in [2.24, 2.45) is 11.8 Å². The Morgan fingerprint density at radius 1 is 1.17 bits per heavy atom. The molecule has 1 heterocycles. The summed E-state index contributed by atoms with van der Waals surface area (Å²) in [6.07, 6.45) is 12.2. The number of ketones is 2. The van der Waals surface area contributed by atoms with Gasteiger partial charge in [0.2, 0.25) is 11.6 Å². The minimum atomic E-state index is -0.489. The van der Waals surface area contributed by atoms with Crippen molar-refractivity contribution in [3.63, 3.8) is 0 Å². The molecule has 3 aliphatic carbocycles. The Bertz CT molecular complexity index is 1130. The van der Waals surface area contributed by atoms with Crippen molar-refractivity contribution in [1.82, 2.24) is 4.90 Å². The van der Waals surface area contributed by atoms with Gasteiger partial charge < -0.3 is 9.64 Å². The van der Waals surface area contributed by atoms with Crippen LogP contribution in [0, 0.1) is 23.2 Å². The van der Waals surface area contributed by atoms with E-state index in [0.717, 1.165) is 11.3 Å². The van der Waals surface area contributed by atoms with Gasteiger partial charge in [-0.3, -0.25) is 9.59 Å². The summed E-state index contributed by atoms with van der Waals surface area (Å²) in [5.41, 5.74) is 2.51. The second kappa shape index (κ2) is 6.75. The molecule has 0 amide bonds. The van der Waals surface area contributed by atoms with Gasteiger partial charge in [0, 0.05) is 16.8 Å². The van der Waals surface area contributed by atoms with Gasteiger partial charge in [0.1, 0.15) is 11.4 Å². The number of hydrogen-bond acceptors (Lipinski definition) is 5. The van der Waals surface area contributed by atoms with Gasteiger partial charge >= 0.3 is 0 Å². The van der Waals surface area contributed by atoms with Gasteiger partial charge in [-0.15, -0.1) is 0 Å². The molecule has 0 fully saturated rings. The van der Waals surface area contributed by atoms with E-state index in [-0.39, 0.29) is 28.9 Å². The van der Waals surface area contributed by atoms with Crippen molar-refractivity contribution < 1.29 is 14.3 Å². The summed E-state index contributed by atoms with van der Waals surface area (Å²) >= 11 is 0. The van der Waals surface area contributed by atoms with Gasteiger partial charge in [-0.25, -0.2) is 0 Å². The Hall–Kier alpha value is -3.65. The molecule has 0 aromatic heterocycles. The third kappa shape index (κ3) is 2.76. The van der Waals surface area contributed by atoms with Crippen LogP contribution in [0.5, 0.6) is 5.75 Å². The smallest absolute Gasteiger partial charge is 0.210 e. The summed E-state index contributed by atoms with van der Waals surface area (Å²) < 4.78 is 6.07. The Morgan fingerprint density at radius 3 is 2.83 bits per heavy atom. The summed E-state index contributed by atoms with van der Waals surface area (Å²) in [7, 11) is 0. The topological polar surface area (TPSA) is 70.4 Å². The van der Waals surface area contributed by atoms with Crippen molar-refractivity contribution in [1.29, 1.82) is 5.26 Å². The van der Waals surface area contributed by atoms with E-state index in [4.69, 9.17) is 4.74 Å². The Labute approximate surface area is 168 Å².